The molecule has 0 unspecified atom stereocenters. The molecule has 4 N–H and O–H groups in total. The van der Waals surface area contributed by atoms with Crippen LogP contribution in [0.5, 0.6) is 0 Å². The van der Waals surface area contributed by atoms with Gasteiger partial charge < -0.3 is 15.7 Å². The van der Waals surface area contributed by atoms with Crippen LogP contribution in [0.3, 0.4) is 0 Å². The monoisotopic (exact) mass is 483 g/mol. The van der Waals surface area contributed by atoms with Crippen molar-refractivity contribution in [2.75, 3.05) is 18.4 Å². The molecule has 3 heterocycles. The summed E-state index contributed by atoms with van der Waals surface area (Å²) in [4.78, 5) is 24.7. The lowest BCUT2D eigenvalue weighted by atomic mass is 10.1. The van der Waals surface area contributed by atoms with E-state index < -0.39 is 24.0 Å². The van der Waals surface area contributed by atoms with Gasteiger partial charge in [0.25, 0.3) is 5.66 Å². The fraction of sp³-hybridized carbons (Fsp3) is 0.467. The van der Waals surface area contributed by atoms with Gasteiger partial charge in [-0.15, -0.1) is 20.4 Å². The molecule has 0 aliphatic carbocycles. The number of alkyl halides is 6. The first-order valence-electron chi connectivity index (χ1n) is 8.85. The zero-order valence-corrected chi connectivity index (χ0v) is 16.3. The Morgan fingerprint density at radius 3 is 2.24 bits per heavy atom. The molecule has 1 amide bonds. The average Bonchev–Trinajstić information content (AvgIpc) is 3.34. The first-order chi connectivity index (χ1) is 15.3. The lowest BCUT2D eigenvalue weighted by Crippen LogP contribution is -2.35. The number of tetrazole rings is 1. The number of rotatable bonds is 8. The highest BCUT2D eigenvalue weighted by atomic mass is 19.4. The standard InChI is InChI=1S/C13H14F3N9O.C2HF3O2/c14-13(15,16)12(22-23-12)4-1-5-17-10(26)7-19-9-3-2-8(6-18-9)11-20-24-25-21-11;3-2(4,5)1(6)7/h2-3,6H,1,4-5,7H2,(H,17,26)(H,18,19)(H,20,21,24,25);(H,6,7). The van der Waals surface area contributed by atoms with Crippen molar-refractivity contribution in [2.45, 2.75) is 30.9 Å². The number of hydrogen-bond acceptors (Lipinski definition) is 9. The summed E-state index contributed by atoms with van der Waals surface area (Å²) in [5, 5.41) is 32.0. The van der Waals surface area contributed by atoms with Crippen LogP contribution in [0.25, 0.3) is 11.4 Å². The maximum atomic E-state index is 12.6. The summed E-state index contributed by atoms with van der Waals surface area (Å²) in [5.74, 6) is -2.26. The third-order valence-corrected chi connectivity index (χ3v) is 3.86. The van der Waals surface area contributed by atoms with Crippen molar-refractivity contribution in [1.29, 1.82) is 0 Å². The molecule has 0 atom stereocenters. The number of carboxylic acids is 1. The summed E-state index contributed by atoms with van der Waals surface area (Å²) >= 11 is 0. The number of aromatic amines is 1. The minimum atomic E-state index is -5.08. The summed E-state index contributed by atoms with van der Waals surface area (Å²) in [6.07, 6.45) is -8.19. The molecule has 0 bridgehead atoms. The van der Waals surface area contributed by atoms with E-state index in [1.165, 1.54) is 6.20 Å². The van der Waals surface area contributed by atoms with Gasteiger partial charge in [0.1, 0.15) is 5.82 Å². The fourth-order valence-corrected chi connectivity index (χ4v) is 2.13. The molecule has 180 valence electrons. The molecule has 12 nitrogen and oxygen atoms in total. The number of carbonyl (C=O) groups excluding carboxylic acids is 1. The van der Waals surface area contributed by atoms with Gasteiger partial charge in [0.2, 0.25) is 11.7 Å². The van der Waals surface area contributed by atoms with Crippen LogP contribution in [0, 0.1) is 0 Å². The molecule has 2 aromatic rings. The predicted molar refractivity (Wildman–Crippen MR) is 95.5 cm³/mol. The third kappa shape index (κ3) is 7.65. The molecule has 18 heteroatoms. The van der Waals surface area contributed by atoms with E-state index in [4.69, 9.17) is 9.90 Å². The Labute approximate surface area is 179 Å². The highest BCUT2D eigenvalue weighted by Crippen LogP contribution is 2.47. The zero-order valence-electron chi connectivity index (χ0n) is 16.3. The number of aromatic nitrogens is 5. The van der Waals surface area contributed by atoms with E-state index in [1.807, 2.05) is 0 Å². The van der Waals surface area contributed by atoms with Gasteiger partial charge in [0.15, 0.2) is 0 Å². The molecule has 0 fully saturated rings. The van der Waals surface area contributed by atoms with E-state index in [0.717, 1.165) is 0 Å². The largest absolute Gasteiger partial charge is 0.490 e. The smallest absolute Gasteiger partial charge is 0.475 e. The summed E-state index contributed by atoms with van der Waals surface area (Å²) in [7, 11) is 0. The second kappa shape index (κ2) is 10.2. The van der Waals surface area contributed by atoms with Gasteiger partial charge in [0.05, 0.1) is 6.54 Å². The normalized spacial score (nSPS) is 14.1. The number of hydrogen-bond donors (Lipinski definition) is 4. The summed E-state index contributed by atoms with van der Waals surface area (Å²) < 4.78 is 69.5. The van der Waals surface area contributed by atoms with Crippen molar-refractivity contribution in [2.24, 2.45) is 10.2 Å². The summed E-state index contributed by atoms with van der Waals surface area (Å²) in [6.45, 7) is 0.0430. The van der Waals surface area contributed by atoms with Crippen LogP contribution in [-0.4, -0.2) is 73.7 Å². The molecular weight excluding hydrogens is 468 g/mol. The Kier molecular flexibility index (Phi) is 7.83. The Bertz CT molecular complexity index is 955. The van der Waals surface area contributed by atoms with Crippen LogP contribution >= 0.6 is 0 Å². The van der Waals surface area contributed by atoms with Crippen LogP contribution in [0.1, 0.15) is 12.8 Å². The minimum absolute atomic E-state index is 0.0618. The maximum Gasteiger partial charge on any atom is 0.490 e. The van der Waals surface area contributed by atoms with E-state index in [2.05, 4.69) is 46.5 Å². The number of nitrogens with one attached hydrogen (secondary N) is 3. The number of anilines is 1. The molecule has 0 aromatic carbocycles. The Hall–Kier alpha value is -3.86. The maximum absolute atomic E-state index is 12.6. The number of carboxylic acid groups (broad SMARTS) is 1. The lowest BCUT2D eigenvalue weighted by molar-refractivity contribution is -0.192. The van der Waals surface area contributed by atoms with Crippen molar-refractivity contribution in [3.05, 3.63) is 18.3 Å². The van der Waals surface area contributed by atoms with Gasteiger partial charge >= 0.3 is 18.3 Å². The van der Waals surface area contributed by atoms with Crippen molar-refractivity contribution >= 4 is 17.7 Å². The van der Waals surface area contributed by atoms with Gasteiger partial charge in [0, 0.05) is 24.7 Å². The van der Waals surface area contributed by atoms with E-state index in [9.17, 15) is 31.1 Å². The molecule has 1 aliphatic rings. The fourth-order valence-electron chi connectivity index (χ4n) is 2.13. The predicted octanol–water partition coefficient (Wildman–Crippen LogP) is 1.93. The topological polar surface area (TPSA) is 170 Å². The van der Waals surface area contributed by atoms with Crippen molar-refractivity contribution < 1.29 is 41.0 Å². The Morgan fingerprint density at radius 2 is 1.79 bits per heavy atom. The third-order valence-electron chi connectivity index (χ3n) is 3.86. The lowest BCUT2D eigenvalue weighted by Gasteiger charge is -2.14. The first kappa shape index (κ1) is 25.4. The SMILES string of the molecule is O=C(CNc1ccc(-c2nn[nH]n2)cn1)NCCCC1(C(F)(F)F)N=N1.O=C(O)C(F)(F)F. The van der Waals surface area contributed by atoms with Crippen LogP contribution in [-0.2, 0) is 9.59 Å². The number of carbonyl (C=O) groups is 2. The molecule has 0 radical (unpaired) electrons. The van der Waals surface area contributed by atoms with E-state index in [0.29, 0.717) is 17.2 Å². The van der Waals surface area contributed by atoms with Crippen molar-refractivity contribution in [1.82, 2.24) is 30.9 Å². The molecule has 1 aliphatic heterocycles. The number of pyridine rings is 1. The minimum Gasteiger partial charge on any atom is -0.475 e. The highest BCUT2D eigenvalue weighted by Gasteiger charge is 2.63. The highest BCUT2D eigenvalue weighted by molar-refractivity contribution is 5.80. The van der Waals surface area contributed by atoms with Crippen LogP contribution in [0.15, 0.2) is 28.6 Å². The molecule has 2 aromatic heterocycles. The summed E-state index contributed by atoms with van der Waals surface area (Å²) in [5.41, 5.74) is -1.61. The second-order valence-electron chi connectivity index (χ2n) is 6.29. The molecule has 3 rings (SSSR count). The zero-order chi connectivity index (χ0) is 24.7. The number of nitrogens with zero attached hydrogens (tertiary/aromatic N) is 6. The van der Waals surface area contributed by atoms with E-state index in [-0.39, 0.29) is 31.8 Å². The Balaban J connectivity index is 0.000000479. The molecular formula is C15H15F6N9O3. The van der Waals surface area contributed by atoms with E-state index in [1.54, 1.807) is 12.1 Å². The average molecular weight is 483 g/mol. The van der Waals surface area contributed by atoms with Crippen molar-refractivity contribution in [3.8, 4) is 11.4 Å². The quantitative estimate of drug-likeness (QED) is 0.326. The van der Waals surface area contributed by atoms with Crippen LogP contribution in [0.4, 0.5) is 32.2 Å². The second-order valence-corrected chi connectivity index (χ2v) is 6.29. The number of aliphatic carboxylic acids is 1. The van der Waals surface area contributed by atoms with Gasteiger partial charge in [-0.25, -0.2) is 9.78 Å². The van der Waals surface area contributed by atoms with Gasteiger partial charge in [-0.3, -0.25) is 4.79 Å². The van der Waals surface area contributed by atoms with Crippen LogP contribution < -0.4 is 10.6 Å². The Morgan fingerprint density at radius 1 is 1.12 bits per heavy atom. The molecule has 33 heavy (non-hydrogen) atoms. The van der Waals surface area contributed by atoms with Gasteiger partial charge in [-0.1, -0.05) is 0 Å². The molecule has 0 saturated heterocycles. The number of H-pyrrole nitrogens is 1. The summed E-state index contributed by atoms with van der Waals surface area (Å²) in [6, 6.07) is 3.35. The number of amides is 1. The molecule has 0 saturated carbocycles. The van der Waals surface area contributed by atoms with Gasteiger partial charge in [-0.2, -0.15) is 31.6 Å². The van der Waals surface area contributed by atoms with Crippen LogP contribution in [0.2, 0.25) is 0 Å². The molecule has 0 spiro atoms. The van der Waals surface area contributed by atoms with Gasteiger partial charge in [-0.05, 0) is 23.8 Å². The first-order valence-corrected chi connectivity index (χ1v) is 8.85. The number of halogens is 6. The van der Waals surface area contributed by atoms with Crippen molar-refractivity contribution in [3.63, 3.8) is 0 Å². The van der Waals surface area contributed by atoms with E-state index >= 15 is 0 Å².